The Kier molecular flexibility index (Phi) is 1.96. The molecule has 0 aliphatic heterocycles. The number of nitrogens with zero attached hydrogens (tertiary/aromatic N) is 3. The van der Waals surface area contributed by atoms with E-state index in [9.17, 15) is 26.3 Å². The van der Waals surface area contributed by atoms with Gasteiger partial charge < -0.3 is 0 Å². The van der Waals surface area contributed by atoms with Crippen molar-refractivity contribution in [3.8, 4) is 0 Å². The van der Waals surface area contributed by atoms with Gasteiger partial charge in [-0.05, 0) is 0 Å². The highest BCUT2D eigenvalue weighted by Gasteiger charge is 2.39. The van der Waals surface area contributed by atoms with E-state index in [0.29, 0.717) is 0 Å². The van der Waals surface area contributed by atoms with E-state index < -0.39 is 22.9 Å². The topological polar surface area (TPSA) is 30.7 Å². The Morgan fingerprint density at radius 2 is 1.62 bits per heavy atom. The third-order valence-corrected chi connectivity index (χ3v) is 1.04. The van der Waals surface area contributed by atoms with Crippen molar-refractivity contribution in [1.82, 2.24) is 15.0 Å². The Morgan fingerprint density at radius 1 is 1.08 bits per heavy atom. The van der Waals surface area contributed by atoms with E-state index in [1.165, 1.54) is 0 Å². The van der Waals surface area contributed by atoms with Gasteiger partial charge in [-0.25, -0.2) is 0 Å². The van der Waals surface area contributed by atoms with Gasteiger partial charge in [-0.1, -0.05) is 5.21 Å². The van der Waals surface area contributed by atoms with Crippen LogP contribution in [0.25, 0.3) is 0 Å². The smallest absolute Gasteiger partial charge is 0.164 e. The lowest BCUT2D eigenvalue weighted by atomic mass is 10.5. The molecule has 0 saturated carbocycles. The zero-order valence-corrected chi connectivity index (χ0v) is 5.69. The van der Waals surface area contributed by atoms with Gasteiger partial charge in [0.1, 0.15) is 0 Å². The predicted molar refractivity (Wildman–Crippen MR) is 26.3 cm³/mol. The zero-order valence-electron chi connectivity index (χ0n) is 5.69. The first kappa shape index (κ1) is 9.81. The van der Waals surface area contributed by atoms with Gasteiger partial charge in [-0.15, -0.1) is 18.3 Å². The molecular formula is C4HF6N3. The molecular weight excluding hydrogens is 204 g/mol. The average Bonchev–Trinajstić information content (AvgIpc) is 2.28. The van der Waals surface area contributed by atoms with Crippen LogP contribution in [0.2, 0.25) is 0 Å². The molecule has 1 aromatic rings. The molecule has 0 unspecified atom stereocenters. The molecule has 0 aliphatic carbocycles. The highest BCUT2D eigenvalue weighted by atomic mass is 19.4. The summed E-state index contributed by atoms with van der Waals surface area (Å²) >= 11 is 0. The number of rotatable bonds is 0. The Hall–Kier alpha value is -1.28. The van der Waals surface area contributed by atoms with E-state index in [1.54, 1.807) is 0 Å². The van der Waals surface area contributed by atoms with Crippen LogP contribution >= 0.6 is 0 Å². The number of halogens is 6. The maximum absolute atomic E-state index is 11.7. The summed E-state index contributed by atoms with van der Waals surface area (Å²) in [7, 11) is 0. The molecule has 1 rings (SSSR count). The highest BCUT2D eigenvalue weighted by molar-refractivity contribution is 4.97. The standard InChI is InChI=1S/C4HF6N3/c5-3(6,7)2-1-13(12-11-2)4(8,9)10/h1H. The second kappa shape index (κ2) is 2.60. The van der Waals surface area contributed by atoms with Crippen LogP contribution in [0.15, 0.2) is 6.20 Å². The normalized spacial score (nSPS) is 13.4. The maximum atomic E-state index is 11.7. The van der Waals surface area contributed by atoms with Crippen LogP contribution in [0.4, 0.5) is 26.3 Å². The molecule has 1 aromatic heterocycles. The van der Waals surface area contributed by atoms with Gasteiger partial charge in [0.05, 0.1) is 6.20 Å². The fourth-order valence-electron chi connectivity index (χ4n) is 0.518. The molecule has 74 valence electrons. The molecule has 0 fully saturated rings. The highest BCUT2D eigenvalue weighted by Crippen LogP contribution is 2.29. The Bertz CT molecular complexity index is 267. The first-order valence-electron chi connectivity index (χ1n) is 2.78. The van der Waals surface area contributed by atoms with Crippen molar-refractivity contribution in [3.05, 3.63) is 11.9 Å². The third-order valence-electron chi connectivity index (χ3n) is 1.04. The number of aromatic nitrogens is 3. The molecule has 0 spiro atoms. The van der Waals surface area contributed by atoms with Crippen LogP contribution in [0, 0.1) is 0 Å². The second-order valence-corrected chi connectivity index (χ2v) is 2.01. The molecule has 0 saturated heterocycles. The van der Waals surface area contributed by atoms with E-state index in [1.807, 2.05) is 0 Å². The van der Waals surface area contributed by atoms with Gasteiger partial charge in [0.2, 0.25) is 0 Å². The van der Waals surface area contributed by atoms with Crippen molar-refractivity contribution >= 4 is 0 Å². The summed E-state index contributed by atoms with van der Waals surface area (Å²) in [6, 6.07) is 0. The van der Waals surface area contributed by atoms with Crippen LogP contribution in [0.1, 0.15) is 5.69 Å². The minimum absolute atomic E-state index is 0.222. The monoisotopic (exact) mass is 205 g/mol. The van der Waals surface area contributed by atoms with Crippen molar-refractivity contribution in [2.75, 3.05) is 0 Å². The van der Waals surface area contributed by atoms with Crippen molar-refractivity contribution in [3.63, 3.8) is 0 Å². The summed E-state index contributed by atoms with van der Waals surface area (Å²) < 4.78 is 69.4. The fraction of sp³-hybridized carbons (Fsp3) is 0.500. The SMILES string of the molecule is FC(F)(F)c1cn(C(F)(F)F)nn1. The van der Waals surface area contributed by atoms with Gasteiger partial charge in [0.25, 0.3) is 0 Å². The molecule has 3 nitrogen and oxygen atoms in total. The average molecular weight is 205 g/mol. The lowest BCUT2D eigenvalue weighted by molar-refractivity contribution is -0.213. The molecule has 0 N–H and O–H groups in total. The van der Waals surface area contributed by atoms with Gasteiger partial charge in [-0.2, -0.15) is 17.9 Å². The summed E-state index contributed by atoms with van der Waals surface area (Å²) in [5, 5.41) is 4.60. The quantitative estimate of drug-likeness (QED) is 0.604. The number of hydrogen-bond acceptors (Lipinski definition) is 2. The number of alkyl halides is 6. The number of hydrogen-bond donors (Lipinski definition) is 0. The van der Waals surface area contributed by atoms with Crippen molar-refractivity contribution in [1.29, 1.82) is 0 Å². The minimum Gasteiger partial charge on any atom is -0.164 e. The summed E-state index contributed by atoms with van der Waals surface area (Å²) in [5.74, 6) is 0. The Labute approximate surface area is 66.9 Å². The van der Waals surface area contributed by atoms with E-state index in [-0.39, 0.29) is 6.20 Å². The van der Waals surface area contributed by atoms with Crippen LogP contribution in [0.3, 0.4) is 0 Å². The summed E-state index contributed by atoms with van der Waals surface area (Å²) in [4.78, 5) is 0. The van der Waals surface area contributed by atoms with E-state index in [0.717, 1.165) is 0 Å². The van der Waals surface area contributed by atoms with Gasteiger partial charge in [-0.3, -0.25) is 0 Å². The second-order valence-electron chi connectivity index (χ2n) is 2.01. The summed E-state index contributed by atoms with van der Waals surface area (Å²) in [6.45, 7) is 0. The van der Waals surface area contributed by atoms with E-state index in [2.05, 4.69) is 10.3 Å². The lowest BCUT2D eigenvalue weighted by Crippen LogP contribution is -2.17. The van der Waals surface area contributed by atoms with Gasteiger partial charge in [0, 0.05) is 0 Å². The van der Waals surface area contributed by atoms with Crippen molar-refractivity contribution in [2.24, 2.45) is 0 Å². The van der Waals surface area contributed by atoms with Crippen molar-refractivity contribution in [2.45, 2.75) is 12.5 Å². The Morgan fingerprint density at radius 3 is 1.85 bits per heavy atom. The van der Waals surface area contributed by atoms with Gasteiger partial charge in [0.15, 0.2) is 5.69 Å². The molecule has 9 heteroatoms. The van der Waals surface area contributed by atoms with Crippen LogP contribution in [-0.2, 0) is 12.5 Å². The van der Waals surface area contributed by atoms with Crippen LogP contribution in [-0.4, -0.2) is 15.0 Å². The third kappa shape index (κ3) is 2.10. The lowest BCUT2D eigenvalue weighted by Gasteiger charge is -2.02. The minimum atomic E-state index is -4.98. The molecule has 1 heterocycles. The molecule has 0 amide bonds. The largest absolute Gasteiger partial charge is 0.505 e. The molecule has 0 radical (unpaired) electrons. The Balaban J connectivity index is 3.01. The molecule has 0 atom stereocenters. The van der Waals surface area contributed by atoms with Crippen LogP contribution in [0.5, 0.6) is 0 Å². The van der Waals surface area contributed by atoms with E-state index >= 15 is 0 Å². The first-order chi connectivity index (χ1) is 5.71. The zero-order chi connectivity index (χ0) is 10.3. The van der Waals surface area contributed by atoms with Crippen molar-refractivity contribution < 1.29 is 26.3 Å². The van der Waals surface area contributed by atoms with E-state index in [4.69, 9.17) is 0 Å². The fourth-order valence-corrected chi connectivity index (χ4v) is 0.518. The summed E-state index contributed by atoms with van der Waals surface area (Å²) in [6.07, 6.45) is -10.1. The predicted octanol–water partition coefficient (Wildman–Crippen LogP) is 1.77. The van der Waals surface area contributed by atoms with Crippen LogP contribution < -0.4 is 0 Å². The molecule has 13 heavy (non-hydrogen) atoms. The summed E-state index contributed by atoms with van der Waals surface area (Å²) in [5.41, 5.74) is -1.68. The molecule has 0 aliphatic rings. The van der Waals surface area contributed by atoms with Gasteiger partial charge >= 0.3 is 12.5 Å². The molecule has 0 bridgehead atoms. The first-order valence-corrected chi connectivity index (χ1v) is 2.78. The molecule has 0 aromatic carbocycles. The maximum Gasteiger partial charge on any atom is 0.505 e.